The Morgan fingerprint density at radius 3 is 2.75 bits per heavy atom. The van der Waals surface area contributed by atoms with Gasteiger partial charge in [-0.2, -0.15) is 0 Å². The van der Waals surface area contributed by atoms with Gasteiger partial charge in [-0.1, -0.05) is 44.0 Å². The molecule has 0 aliphatic rings. The highest BCUT2D eigenvalue weighted by Gasteiger charge is 2.17. The van der Waals surface area contributed by atoms with Crippen LogP contribution in [0.2, 0.25) is 0 Å². The summed E-state index contributed by atoms with van der Waals surface area (Å²) >= 11 is 1.43. The van der Waals surface area contributed by atoms with Gasteiger partial charge in [-0.25, -0.2) is 0 Å². The van der Waals surface area contributed by atoms with Crippen LogP contribution in [0.25, 0.3) is 0 Å². The topological polar surface area (TPSA) is 37.8 Å². The smallest absolute Gasteiger partial charge is 0.0924 e. The van der Waals surface area contributed by atoms with Gasteiger partial charge in [0, 0.05) is 5.38 Å². The fourth-order valence-electron chi connectivity index (χ4n) is 2.02. The highest BCUT2D eigenvalue weighted by molar-refractivity contribution is 7.03. The van der Waals surface area contributed by atoms with Gasteiger partial charge in [-0.05, 0) is 30.9 Å². The van der Waals surface area contributed by atoms with E-state index in [2.05, 4.69) is 28.8 Å². The largest absolute Gasteiger partial charge is 0.312 e. The van der Waals surface area contributed by atoms with Gasteiger partial charge in [0.15, 0.2) is 0 Å². The van der Waals surface area contributed by atoms with E-state index >= 15 is 0 Å². The highest BCUT2D eigenvalue weighted by atomic mass is 32.1. The van der Waals surface area contributed by atoms with Crippen LogP contribution in [0.15, 0.2) is 5.38 Å². The Hall–Kier alpha value is -0.480. The van der Waals surface area contributed by atoms with E-state index in [9.17, 15) is 0 Å². The SMILES string of the molecule is CCCCC(CC)CC(NC)c1csnn1. The number of rotatable bonds is 8. The predicted octanol–water partition coefficient (Wildman–Crippen LogP) is 3.41. The Kier molecular flexibility index (Phi) is 6.57. The molecule has 0 aromatic carbocycles. The molecule has 16 heavy (non-hydrogen) atoms. The lowest BCUT2D eigenvalue weighted by atomic mass is 9.91. The fraction of sp³-hybridized carbons (Fsp3) is 0.833. The maximum absolute atomic E-state index is 4.16. The Bertz CT molecular complexity index is 261. The summed E-state index contributed by atoms with van der Waals surface area (Å²) in [5.74, 6) is 0.805. The number of nitrogens with zero attached hydrogens (tertiary/aromatic N) is 2. The first-order valence-corrected chi connectivity index (χ1v) is 7.09. The molecule has 1 N–H and O–H groups in total. The van der Waals surface area contributed by atoms with E-state index in [-0.39, 0.29) is 0 Å². The maximum atomic E-state index is 4.16. The Balaban J connectivity index is 2.47. The molecule has 0 spiro atoms. The Morgan fingerprint density at radius 1 is 1.44 bits per heavy atom. The van der Waals surface area contributed by atoms with Crippen molar-refractivity contribution < 1.29 is 0 Å². The summed E-state index contributed by atoms with van der Waals surface area (Å²) in [6.45, 7) is 4.54. The van der Waals surface area contributed by atoms with Crippen LogP contribution in [-0.2, 0) is 0 Å². The minimum atomic E-state index is 0.376. The monoisotopic (exact) mass is 241 g/mol. The number of aromatic nitrogens is 2. The lowest BCUT2D eigenvalue weighted by molar-refractivity contribution is 0.361. The second kappa shape index (κ2) is 7.74. The van der Waals surface area contributed by atoms with Gasteiger partial charge < -0.3 is 5.32 Å². The lowest BCUT2D eigenvalue weighted by Gasteiger charge is -2.20. The van der Waals surface area contributed by atoms with Gasteiger partial charge in [0.05, 0.1) is 11.7 Å². The van der Waals surface area contributed by atoms with Crippen LogP contribution < -0.4 is 5.32 Å². The third kappa shape index (κ3) is 4.18. The molecule has 0 fully saturated rings. The molecule has 1 rings (SSSR count). The van der Waals surface area contributed by atoms with Crippen molar-refractivity contribution in [2.45, 2.75) is 52.0 Å². The molecule has 4 heteroatoms. The van der Waals surface area contributed by atoms with Crippen LogP contribution in [0.3, 0.4) is 0 Å². The van der Waals surface area contributed by atoms with Crippen molar-refractivity contribution in [1.82, 2.24) is 14.9 Å². The summed E-state index contributed by atoms with van der Waals surface area (Å²) in [7, 11) is 2.01. The summed E-state index contributed by atoms with van der Waals surface area (Å²) in [6, 6.07) is 0.376. The first-order chi connectivity index (χ1) is 7.81. The van der Waals surface area contributed by atoms with Crippen LogP contribution in [0.1, 0.15) is 57.7 Å². The highest BCUT2D eigenvalue weighted by Crippen LogP contribution is 2.25. The Labute approximate surface area is 103 Å². The summed E-state index contributed by atoms with van der Waals surface area (Å²) in [5, 5.41) is 9.56. The minimum absolute atomic E-state index is 0.376. The van der Waals surface area contributed by atoms with E-state index < -0.39 is 0 Å². The van der Waals surface area contributed by atoms with Gasteiger partial charge in [-0.15, -0.1) is 5.10 Å². The standard InChI is InChI=1S/C12H23N3S/c1-4-6-7-10(5-2)8-11(13-3)12-9-16-15-14-12/h9-11,13H,4-8H2,1-3H3. The molecule has 2 atom stereocenters. The van der Waals surface area contributed by atoms with Crippen LogP contribution in [0.5, 0.6) is 0 Å². The number of nitrogens with one attached hydrogen (secondary N) is 1. The van der Waals surface area contributed by atoms with E-state index in [1.54, 1.807) is 0 Å². The third-order valence-electron chi connectivity index (χ3n) is 3.19. The van der Waals surface area contributed by atoms with Gasteiger partial charge in [0.2, 0.25) is 0 Å². The quantitative estimate of drug-likeness (QED) is 0.758. The van der Waals surface area contributed by atoms with E-state index in [1.165, 1.54) is 43.6 Å². The van der Waals surface area contributed by atoms with E-state index in [0.717, 1.165) is 11.6 Å². The molecule has 1 aromatic heterocycles. The second-order valence-corrected chi connectivity index (χ2v) is 4.93. The van der Waals surface area contributed by atoms with Crippen LogP contribution in [0, 0.1) is 5.92 Å². The van der Waals surface area contributed by atoms with Crippen molar-refractivity contribution in [1.29, 1.82) is 0 Å². The molecule has 2 unspecified atom stereocenters. The first-order valence-electron chi connectivity index (χ1n) is 6.26. The minimum Gasteiger partial charge on any atom is -0.312 e. The molecule has 0 bridgehead atoms. The van der Waals surface area contributed by atoms with Gasteiger partial charge in [0.1, 0.15) is 0 Å². The zero-order valence-electron chi connectivity index (χ0n) is 10.6. The van der Waals surface area contributed by atoms with E-state index in [1.807, 2.05) is 12.4 Å². The van der Waals surface area contributed by atoms with Crippen molar-refractivity contribution in [2.75, 3.05) is 7.05 Å². The van der Waals surface area contributed by atoms with Gasteiger partial charge >= 0.3 is 0 Å². The van der Waals surface area contributed by atoms with Crippen molar-refractivity contribution >= 4 is 11.5 Å². The fourth-order valence-corrected chi connectivity index (χ4v) is 2.53. The molecule has 0 saturated carbocycles. The van der Waals surface area contributed by atoms with Gasteiger partial charge in [0.25, 0.3) is 0 Å². The van der Waals surface area contributed by atoms with Crippen LogP contribution in [0.4, 0.5) is 0 Å². The predicted molar refractivity (Wildman–Crippen MR) is 69.6 cm³/mol. The molecule has 0 radical (unpaired) electrons. The lowest BCUT2D eigenvalue weighted by Crippen LogP contribution is -2.20. The molecular weight excluding hydrogens is 218 g/mol. The third-order valence-corrected chi connectivity index (χ3v) is 3.72. The molecule has 0 aliphatic heterocycles. The normalized spacial score (nSPS) is 14.9. The maximum Gasteiger partial charge on any atom is 0.0924 e. The number of hydrogen-bond donors (Lipinski definition) is 1. The first kappa shape index (κ1) is 13.6. The molecular formula is C12H23N3S. The summed E-state index contributed by atoms with van der Waals surface area (Å²) in [5.41, 5.74) is 1.10. The molecule has 1 heterocycles. The number of unbranched alkanes of at least 4 members (excludes halogenated alkanes) is 1. The van der Waals surface area contributed by atoms with Crippen molar-refractivity contribution in [3.8, 4) is 0 Å². The average molecular weight is 241 g/mol. The van der Waals surface area contributed by atoms with Crippen molar-refractivity contribution in [3.05, 3.63) is 11.1 Å². The van der Waals surface area contributed by atoms with Gasteiger partial charge in [-0.3, -0.25) is 0 Å². The summed E-state index contributed by atoms with van der Waals surface area (Å²) in [4.78, 5) is 0. The Morgan fingerprint density at radius 2 is 2.25 bits per heavy atom. The second-order valence-electron chi connectivity index (χ2n) is 4.32. The van der Waals surface area contributed by atoms with Crippen LogP contribution >= 0.6 is 11.5 Å². The van der Waals surface area contributed by atoms with E-state index in [0.29, 0.717) is 6.04 Å². The summed E-state index contributed by atoms with van der Waals surface area (Å²) in [6.07, 6.45) is 6.40. The van der Waals surface area contributed by atoms with Crippen molar-refractivity contribution in [2.24, 2.45) is 5.92 Å². The zero-order chi connectivity index (χ0) is 11.8. The molecule has 92 valence electrons. The molecule has 0 amide bonds. The van der Waals surface area contributed by atoms with Crippen molar-refractivity contribution in [3.63, 3.8) is 0 Å². The summed E-state index contributed by atoms with van der Waals surface area (Å²) < 4.78 is 3.94. The molecule has 0 aliphatic carbocycles. The average Bonchev–Trinajstić information content (AvgIpc) is 2.83. The van der Waals surface area contributed by atoms with Crippen LogP contribution in [-0.4, -0.2) is 16.6 Å². The molecule has 0 saturated heterocycles. The number of hydrogen-bond acceptors (Lipinski definition) is 4. The molecule has 1 aromatic rings. The van der Waals surface area contributed by atoms with E-state index in [4.69, 9.17) is 0 Å². The zero-order valence-corrected chi connectivity index (χ0v) is 11.4. The molecule has 3 nitrogen and oxygen atoms in total.